The lowest BCUT2D eigenvalue weighted by molar-refractivity contribution is -0.125. The first-order valence-electron chi connectivity index (χ1n) is 6.22. The fourth-order valence-corrected chi connectivity index (χ4v) is 1.60. The molecular formula is C14H25NO2. The monoisotopic (exact) mass is 239 g/mol. The van der Waals surface area contributed by atoms with Gasteiger partial charge in [0.25, 0.3) is 0 Å². The molecule has 1 aliphatic rings. The van der Waals surface area contributed by atoms with Crippen molar-refractivity contribution in [2.75, 3.05) is 0 Å². The Hall–Kier alpha value is -1.38. The third-order valence-corrected chi connectivity index (χ3v) is 2.38. The van der Waals surface area contributed by atoms with Gasteiger partial charge in [0, 0.05) is 8.35 Å². The molecule has 1 N–H and O–H groups in total. The summed E-state index contributed by atoms with van der Waals surface area (Å²) in [5.74, 6) is -0.152. The molecule has 1 rings (SSSR count). The molecule has 0 spiro atoms. The molecule has 0 unspecified atom stereocenters. The van der Waals surface area contributed by atoms with E-state index in [0.717, 1.165) is 18.4 Å². The lowest BCUT2D eigenvalue weighted by Gasteiger charge is -2.16. The first-order valence-corrected chi connectivity index (χ1v) is 6.22. The van der Waals surface area contributed by atoms with Crippen LogP contribution < -0.4 is 5.32 Å². The Bertz CT molecular complexity index is 322. The Kier molecular flexibility index (Phi) is 8.03. The normalized spacial score (nSPS) is 15.2. The third-order valence-electron chi connectivity index (χ3n) is 2.38. The molecular weight excluding hydrogens is 214 g/mol. The largest absolute Gasteiger partial charge is 0.346 e. The zero-order valence-corrected chi connectivity index (χ0v) is 11.2. The first kappa shape index (κ1) is 15.6. The number of ketones is 1. The van der Waals surface area contributed by atoms with Gasteiger partial charge in [0.2, 0.25) is 5.91 Å². The highest BCUT2D eigenvalue weighted by molar-refractivity contribution is 5.86. The van der Waals surface area contributed by atoms with Crippen LogP contribution in [-0.2, 0) is 9.59 Å². The minimum atomic E-state index is -0.378. The van der Waals surface area contributed by atoms with Crippen molar-refractivity contribution >= 4 is 11.7 Å². The minimum absolute atomic E-state index is 0. The van der Waals surface area contributed by atoms with E-state index in [2.05, 4.69) is 17.5 Å². The molecule has 0 aromatic rings. The zero-order valence-electron chi connectivity index (χ0n) is 11.2. The van der Waals surface area contributed by atoms with Gasteiger partial charge in [0.05, 0.1) is 6.04 Å². The second kappa shape index (κ2) is 8.74. The quantitative estimate of drug-likeness (QED) is 0.819. The maximum absolute atomic E-state index is 11.3. The van der Waals surface area contributed by atoms with Crippen LogP contribution in [0.5, 0.6) is 0 Å². The van der Waals surface area contributed by atoms with Crippen LogP contribution in [0.1, 0.15) is 48.4 Å². The second-order valence-electron chi connectivity index (χ2n) is 3.83. The van der Waals surface area contributed by atoms with Crippen molar-refractivity contribution in [1.82, 2.24) is 5.32 Å². The van der Waals surface area contributed by atoms with Crippen LogP contribution in [0.25, 0.3) is 0 Å². The summed E-state index contributed by atoms with van der Waals surface area (Å²) < 4.78 is 0. The Morgan fingerprint density at radius 3 is 2.41 bits per heavy atom. The molecule has 1 aliphatic carbocycles. The van der Waals surface area contributed by atoms with Crippen LogP contribution >= 0.6 is 0 Å². The highest BCUT2D eigenvalue weighted by atomic mass is 16.2. The van der Waals surface area contributed by atoms with Gasteiger partial charge in [-0.25, -0.2) is 0 Å². The molecule has 0 fully saturated rings. The van der Waals surface area contributed by atoms with E-state index in [1.807, 2.05) is 19.9 Å². The molecule has 0 aromatic carbocycles. The topological polar surface area (TPSA) is 46.2 Å². The molecule has 0 saturated heterocycles. The molecule has 0 radical (unpaired) electrons. The van der Waals surface area contributed by atoms with E-state index in [-0.39, 0.29) is 19.2 Å². The molecule has 0 saturated carbocycles. The predicted octanol–water partition coefficient (Wildman–Crippen LogP) is 3.02. The summed E-state index contributed by atoms with van der Waals surface area (Å²) in [7, 11) is 0. The van der Waals surface area contributed by atoms with Crippen molar-refractivity contribution in [1.29, 1.82) is 0 Å². The van der Waals surface area contributed by atoms with E-state index < -0.39 is 0 Å². The Morgan fingerprint density at radius 2 is 2.00 bits per heavy atom. The predicted molar refractivity (Wildman–Crippen MR) is 72.8 cm³/mol. The standard InChI is InChI=1S/C12H17NO2.C2H6.H2/c1-9(14)12(13-10(2)15)8-11-6-4-3-5-7-11;1-2;/h4,6-7,12H,3,5,8H2,1-2H3,(H,13,15);1-2H3;1H/t12-;;/m0../s1. The SMILES string of the molecule is CC.CC(=O)N[C@@H](CC1=CCCC=C1)C(C)=O.[HH]. The van der Waals surface area contributed by atoms with Crippen LogP contribution in [0.3, 0.4) is 0 Å². The second-order valence-corrected chi connectivity index (χ2v) is 3.83. The summed E-state index contributed by atoms with van der Waals surface area (Å²) in [4.78, 5) is 22.2. The van der Waals surface area contributed by atoms with Crippen LogP contribution in [-0.4, -0.2) is 17.7 Å². The molecule has 3 nitrogen and oxygen atoms in total. The number of hydrogen-bond donors (Lipinski definition) is 1. The molecule has 0 bridgehead atoms. The minimum Gasteiger partial charge on any atom is -0.346 e. The van der Waals surface area contributed by atoms with Crippen LogP contribution in [0.4, 0.5) is 0 Å². The van der Waals surface area contributed by atoms with E-state index in [0.29, 0.717) is 6.42 Å². The van der Waals surface area contributed by atoms with Crippen molar-refractivity contribution < 1.29 is 11.0 Å². The van der Waals surface area contributed by atoms with Gasteiger partial charge in [0.1, 0.15) is 0 Å². The van der Waals surface area contributed by atoms with Crippen molar-refractivity contribution in [2.24, 2.45) is 0 Å². The molecule has 3 heteroatoms. The van der Waals surface area contributed by atoms with Gasteiger partial charge >= 0.3 is 0 Å². The van der Waals surface area contributed by atoms with E-state index in [1.165, 1.54) is 13.8 Å². The first-order chi connectivity index (χ1) is 8.09. The van der Waals surface area contributed by atoms with Gasteiger partial charge in [-0.05, 0) is 31.8 Å². The van der Waals surface area contributed by atoms with E-state index in [4.69, 9.17) is 0 Å². The summed E-state index contributed by atoms with van der Waals surface area (Å²) in [5, 5.41) is 2.66. The molecule has 17 heavy (non-hydrogen) atoms. The summed E-state index contributed by atoms with van der Waals surface area (Å²) in [6, 6.07) is -0.378. The molecule has 0 aromatic heterocycles. The number of carbonyl (C=O) groups is 2. The van der Waals surface area contributed by atoms with Crippen LogP contribution in [0.2, 0.25) is 0 Å². The maximum Gasteiger partial charge on any atom is 0.217 e. The van der Waals surface area contributed by atoms with Gasteiger partial charge in [-0.2, -0.15) is 0 Å². The molecule has 1 amide bonds. The molecule has 1 atom stereocenters. The number of amides is 1. The Labute approximate surface area is 105 Å². The number of carbonyl (C=O) groups excluding carboxylic acids is 2. The van der Waals surface area contributed by atoms with Gasteiger partial charge in [0.15, 0.2) is 5.78 Å². The number of hydrogen-bond acceptors (Lipinski definition) is 2. The fraction of sp³-hybridized carbons (Fsp3) is 0.571. The van der Waals surface area contributed by atoms with Gasteiger partial charge in [-0.3, -0.25) is 9.59 Å². The number of nitrogens with one attached hydrogen (secondary N) is 1. The van der Waals surface area contributed by atoms with Crippen LogP contribution in [0, 0.1) is 0 Å². The van der Waals surface area contributed by atoms with E-state index >= 15 is 0 Å². The van der Waals surface area contributed by atoms with Crippen LogP contribution in [0.15, 0.2) is 23.8 Å². The van der Waals surface area contributed by atoms with Gasteiger partial charge < -0.3 is 5.32 Å². The van der Waals surface area contributed by atoms with Gasteiger partial charge in [-0.15, -0.1) is 0 Å². The lowest BCUT2D eigenvalue weighted by atomic mass is 9.98. The highest BCUT2D eigenvalue weighted by Gasteiger charge is 2.16. The zero-order chi connectivity index (χ0) is 13.3. The van der Waals surface area contributed by atoms with Gasteiger partial charge in [-0.1, -0.05) is 32.1 Å². The lowest BCUT2D eigenvalue weighted by Crippen LogP contribution is -2.38. The van der Waals surface area contributed by atoms with Crippen molar-refractivity contribution in [3.8, 4) is 0 Å². The Balaban J connectivity index is 0. The smallest absolute Gasteiger partial charge is 0.217 e. The third kappa shape index (κ3) is 6.72. The summed E-state index contributed by atoms with van der Waals surface area (Å²) in [6.45, 7) is 6.94. The molecule has 0 aliphatic heterocycles. The average Bonchev–Trinajstić information content (AvgIpc) is 2.31. The number of allylic oxidation sites excluding steroid dienone is 3. The fourth-order valence-electron chi connectivity index (χ4n) is 1.60. The maximum atomic E-state index is 11.3. The summed E-state index contributed by atoms with van der Waals surface area (Å²) >= 11 is 0. The number of Topliss-reactive ketones (excluding diaryl/α,β-unsaturated/α-hetero) is 1. The molecule has 98 valence electrons. The van der Waals surface area contributed by atoms with E-state index in [1.54, 1.807) is 0 Å². The summed E-state index contributed by atoms with van der Waals surface area (Å²) in [5.41, 5.74) is 1.13. The molecule has 0 heterocycles. The summed E-state index contributed by atoms with van der Waals surface area (Å²) in [6.07, 6.45) is 8.94. The Morgan fingerprint density at radius 1 is 1.35 bits per heavy atom. The number of rotatable bonds is 4. The van der Waals surface area contributed by atoms with Crippen molar-refractivity contribution in [2.45, 2.75) is 53.0 Å². The highest BCUT2D eigenvalue weighted by Crippen LogP contribution is 2.15. The van der Waals surface area contributed by atoms with Crippen molar-refractivity contribution in [3.63, 3.8) is 0 Å². The van der Waals surface area contributed by atoms with E-state index in [9.17, 15) is 9.59 Å². The average molecular weight is 239 g/mol. The van der Waals surface area contributed by atoms with Crippen molar-refractivity contribution in [3.05, 3.63) is 23.8 Å².